The first-order valence-electron chi connectivity index (χ1n) is 8.30. The highest BCUT2D eigenvalue weighted by molar-refractivity contribution is 5.33. The zero-order valence-electron chi connectivity index (χ0n) is 14.0. The van der Waals surface area contributed by atoms with Crippen molar-refractivity contribution in [2.75, 3.05) is 6.54 Å². The standard InChI is InChI=1S/C17H31N3/c1-7-9-18-16-10-15(14(16)8-2)17-12(5)19-20(11(3)4)13(17)6/h11,14-16,18H,7-10H2,1-6H3. The Morgan fingerprint density at radius 2 is 2.00 bits per heavy atom. The second-order valence-electron chi connectivity index (χ2n) is 6.60. The number of aryl methyl sites for hydroxylation is 1. The smallest absolute Gasteiger partial charge is 0.0631 e. The van der Waals surface area contributed by atoms with Gasteiger partial charge in [0.2, 0.25) is 0 Å². The average molecular weight is 277 g/mol. The minimum absolute atomic E-state index is 0.455. The van der Waals surface area contributed by atoms with E-state index in [0.29, 0.717) is 18.0 Å². The summed E-state index contributed by atoms with van der Waals surface area (Å²) in [7, 11) is 0. The molecule has 1 aliphatic carbocycles. The Labute approximate surface area is 124 Å². The van der Waals surface area contributed by atoms with Crippen LogP contribution in [0.5, 0.6) is 0 Å². The van der Waals surface area contributed by atoms with E-state index in [2.05, 4.69) is 51.5 Å². The van der Waals surface area contributed by atoms with Crippen LogP contribution in [0.15, 0.2) is 0 Å². The Morgan fingerprint density at radius 3 is 2.50 bits per heavy atom. The topological polar surface area (TPSA) is 29.9 Å². The highest BCUT2D eigenvalue weighted by atomic mass is 15.3. The van der Waals surface area contributed by atoms with Crippen molar-refractivity contribution in [2.45, 2.75) is 78.8 Å². The van der Waals surface area contributed by atoms with Crippen LogP contribution in [0.4, 0.5) is 0 Å². The van der Waals surface area contributed by atoms with Crippen molar-refractivity contribution in [1.82, 2.24) is 15.1 Å². The predicted molar refractivity (Wildman–Crippen MR) is 85.3 cm³/mol. The second-order valence-corrected chi connectivity index (χ2v) is 6.60. The van der Waals surface area contributed by atoms with Crippen LogP contribution in [-0.4, -0.2) is 22.4 Å². The van der Waals surface area contributed by atoms with Crippen molar-refractivity contribution >= 4 is 0 Å². The molecule has 2 rings (SSSR count). The molecule has 1 saturated carbocycles. The zero-order chi connectivity index (χ0) is 14.9. The van der Waals surface area contributed by atoms with Crippen LogP contribution in [0.1, 0.15) is 75.9 Å². The molecule has 20 heavy (non-hydrogen) atoms. The summed E-state index contributed by atoms with van der Waals surface area (Å²) in [5.74, 6) is 1.49. The van der Waals surface area contributed by atoms with Gasteiger partial charge in [0, 0.05) is 17.8 Å². The lowest BCUT2D eigenvalue weighted by Crippen LogP contribution is -2.49. The van der Waals surface area contributed by atoms with Crippen LogP contribution in [0, 0.1) is 19.8 Å². The minimum Gasteiger partial charge on any atom is -0.314 e. The summed E-state index contributed by atoms with van der Waals surface area (Å²) in [6.45, 7) is 14.6. The largest absolute Gasteiger partial charge is 0.314 e. The van der Waals surface area contributed by atoms with Gasteiger partial charge in [-0.3, -0.25) is 4.68 Å². The molecule has 0 saturated heterocycles. The van der Waals surface area contributed by atoms with Gasteiger partial charge in [0.25, 0.3) is 0 Å². The first-order valence-corrected chi connectivity index (χ1v) is 8.30. The summed E-state index contributed by atoms with van der Waals surface area (Å²) in [6, 6.07) is 1.17. The highest BCUT2D eigenvalue weighted by Gasteiger charge is 2.42. The highest BCUT2D eigenvalue weighted by Crippen LogP contribution is 2.46. The molecular weight excluding hydrogens is 246 g/mol. The molecule has 1 aromatic rings. The summed E-state index contributed by atoms with van der Waals surface area (Å²) in [5.41, 5.74) is 4.16. The van der Waals surface area contributed by atoms with Gasteiger partial charge in [-0.15, -0.1) is 0 Å². The zero-order valence-corrected chi connectivity index (χ0v) is 14.0. The van der Waals surface area contributed by atoms with Crippen molar-refractivity contribution in [2.24, 2.45) is 5.92 Å². The SMILES string of the molecule is CCCNC1CC(c2c(C)nn(C(C)C)c2C)C1CC. The fourth-order valence-corrected chi connectivity index (χ4v) is 3.89. The van der Waals surface area contributed by atoms with Gasteiger partial charge >= 0.3 is 0 Å². The van der Waals surface area contributed by atoms with Crippen molar-refractivity contribution < 1.29 is 0 Å². The lowest BCUT2D eigenvalue weighted by Gasteiger charge is -2.45. The van der Waals surface area contributed by atoms with E-state index in [0.717, 1.165) is 12.5 Å². The molecule has 1 N–H and O–H groups in total. The third-order valence-corrected chi connectivity index (χ3v) is 4.91. The van der Waals surface area contributed by atoms with Crippen molar-refractivity contribution in [3.05, 3.63) is 17.0 Å². The molecular formula is C17H31N3. The molecule has 1 aliphatic rings. The number of aromatic nitrogens is 2. The quantitative estimate of drug-likeness (QED) is 0.853. The Balaban J connectivity index is 2.17. The van der Waals surface area contributed by atoms with Crippen LogP contribution in [-0.2, 0) is 0 Å². The van der Waals surface area contributed by atoms with Gasteiger partial charge in [-0.05, 0) is 64.5 Å². The molecule has 1 aromatic heterocycles. The molecule has 3 nitrogen and oxygen atoms in total. The van der Waals surface area contributed by atoms with E-state index < -0.39 is 0 Å². The molecule has 0 amide bonds. The van der Waals surface area contributed by atoms with Crippen LogP contribution in [0.3, 0.4) is 0 Å². The third-order valence-electron chi connectivity index (χ3n) is 4.91. The molecule has 3 unspecified atom stereocenters. The van der Waals surface area contributed by atoms with Crippen molar-refractivity contribution in [3.63, 3.8) is 0 Å². The van der Waals surface area contributed by atoms with Crippen molar-refractivity contribution in [1.29, 1.82) is 0 Å². The Morgan fingerprint density at radius 1 is 1.30 bits per heavy atom. The Bertz CT molecular complexity index is 447. The van der Waals surface area contributed by atoms with E-state index >= 15 is 0 Å². The summed E-state index contributed by atoms with van der Waals surface area (Å²) in [5, 5.41) is 8.48. The maximum absolute atomic E-state index is 4.76. The predicted octanol–water partition coefficient (Wildman–Crippen LogP) is 3.96. The summed E-state index contributed by atoms with van der Waals surface area (Å²) in [6.07, 6.45) is 3.77. The molecule has 3 heteroatoms. The van der Waals surface area contributed by atoms with Crippen LogP contribution in [0.2, 0.25) is 0 Å². The average Bonchev–Trinajstić information content (AvgIpc) is 2.66. The van der Waals surface area contributed by atoms with E-state index in [1.54, 1.807) is 0 Å². The second kappa shape index (κ2) is 6.30. The van der Waals surface area contributed by atoms with Gasteiger partial charge < -0.3 is 5.32 Å². The molecule has 1 fully saturated rings. The molecule has 0 bridgehead atoms. The lowest BCUT2D eigenvalue weighted by atomic mass is 9.64. The molecule has 0 aromatic carbocycles. The van der Waals surface area contributed by atoms with Crippen LogP contribution in [0.25, 0.3) is 0 Å². The van der Waals surface area contributed by atoms with Gasteiger partial charge in [-0.1, -0.05) is 20.3 Å². The summed E-state index contributed by atoms with van der Waals surface area (Å²) < 4.78 is 2.20. The van der Waals surface area contributed by atoms with Crippen molar-refractivity contribution in [3.8, 4) is 0 Å². The molecule has 0 spiro atoms. The molecule has 1 heterocycles. The van der Waals surface area contributed by atoms with Gasteiger partial charge in [-0.2, -0.15) is 5.10 Å². The molecule has 0 aliphatic heterocycles. The maximum atomic E-state index is 4.76. The van der Waals surface area contributed by atoms with E-state index in [-0.39, 0.29) is 0 Å². The summed E-state index contributed by atoms with van der Waals surface area (Å²) in [4.78, 5) is 0. The summed E-state index contributed by atoms with van der Waals surface area (Å²) >= 11 is 0. The number of rotatable bonds is 6. The van der Waals surface area contributed by atoms with E-state index in [1.165, 1.54) is 36.2 Å². The number of hydrogen-bond acceptors (Lipinski definition) is 2. The van der Waals surface area contributed by atoms with Crippen LogP contribution < -0.4 is 5.32 Å². The lowest BCUT2D eigenvalue weighted by molar-refractivity contribution is 0.160. The number of hydrogen-bond donors (Lipinski definition) is 1. The van der Waals surface area contributed by atoms with E-state index in [9.17, 15) is 0 Å². The van der Waals surface area contributed by atoms with Gasteiger partial charge in [0.05, 0.1) is 5.69 Å². The normalized spacial score (nSPS) is 26.1. The minimum atomic E-state index is 0.455. The maximum Gasteiger partial charge on any atom is 0.0631 e. The molecule has 0 radical (unpaired) electrons. The fourth-order valence-electron chi connectivity index (χ4n) is 3.89. The number of nitrogens with zero attached hydrogens (tertiary/aromatic N) is 2. The van der Waals surface area contributed by atoms with Gasteiger partial charge in [0.1, 0.15) is 0 Å². The monoisotopic (exact) mass is 277 g/mol. The first kappa shape index (κ1) is 15.6. The van der Waals surface area contributed by atoms with E-state index in [1.807, 2.05) is 0 Å². The van der Waals surface area contributed by atoms with Gasteiger partial charge in [-0.25, -0.2) is 0 Å². The Kier molecular flexibility index (Phi) is 4.90. The van der Waals surface area contributed by atoms with E-state index in [4.69, 9.17) is 5.10 Å². The first-order chi connectivity index (χ1) is 9.51. The Hall–Kier alpha value is -0.830. The fraction of sp³-hybridized carbons (Fsp3) is 0.824. The molecule has 3 atom stereocenters. The number of nitrogens with one attached hydrogen (secondary N) is 1. The third kappa shape index (κ3) is 2.65. The molecule has 114 valence electrons. The van der Waals surface area contributed by atoms with Crippen LogP contribution >= 0.6 is 0 Å². The van der Waals surface area contributed by atoms with Gasteiger partial charge in [0.15, 0.2) is 0 Å².